The van der Waals surface area contributed by atoms with Gasteiger partial charge in [-0.1, -0.05) is 39.0 Å². The van der Waals surface area contributed by atoms with Crippen molar-refractivity contribution in [3.8, 4) is 0 Å². The molecule has 2 rings (SSSR count). The Morgan fingerprint density at radius 2 is 1.94 bits per heavy atom. The average molecular weight is 242 g/mol. The number of unbranched alkanes of at least 4 members (excludes halogenated alkanes) is 5. The molecule has 3 atom stereocenters. The van der Waals surface area contributed by atoms with E-state index < -0.39 is 5.79 Å². The molecule has 17 heavy (non-hydrogen) atoms. The monoisotopic (exact) mass is 242 g/mol. The number of fused-ring (bicyclic) bond motifs is 1. The number of cyclic esters (lactones) is 1. The van der Waals surface area contributed by atoms with Crippen molar-refractivity contribution in [3.63, 3.8) is 0 Å². The third kappa shape index (κ3) is 2.63. The number of hydrogen-bond donors (Lipinski definition) is 0. The quantitative estimate of drug-likeness (QED) is 0.372. The molecule has 98 valence electrons. The molecule has 0 radical (unpaired) electrons. The van der Waals surface area contributed by atoms with Crippen LogP contribution in [0, 0.1) is 0 Å². The van der Waals surface area contributed by atoms with Crippen LogP contribution >= 0.6 is 0 Å². The summed E-state index contributed by atoms with van der Waals surface area (Å²) in [6.45, 7) is 2.21. The molecule has 2 aliphatic rings. The molecule has 2 saturated heterocycles. The van der Waals surface area contributed by atoms with Crippen LogP contribution in [0.25, 0.3) is 0 Å². The van der Waals surface area contributed by atoms with Crippen LogP contribution in [0.4, 0.5) is 0 Å². The van der Waals surface area contributed by atoms with Gasteiger partial charge in [-0.05, 0) is 6.42 Å². The summed E-state index contributed by atoms with van der Waals surface area (Å²) < 4.78 is 16.0. The summed E-state index contributed by atoms with van der Waals surface area (Å²) in [6, 6.07) is 0. The molecule has 0 unspecified atom stereocenters. The van der Waals surface area contributed by atoms with Crippen LogP contribution in [-0.2, 0) is 19.0 Å². The normalized spacial score (nSPS) is 34.6. The Kier molecular flexibility index (Phi) is 4.05. The van der Waals surface area contributed by atoms with Gasteiger partial charge in [-0.15, -0.1) is 0 Å². The highest BCUT2D eigenvalue weighted by Gasteiger charge is 2.68. The van der Waals surface area contributed by atoms with Crippen molar-refractivity contribution in [2.24, 2.45) is 0 Å². The molecular weight excluding hydrogens is 220 g/mol. The zero-order chi connectivity index (χ0) is 12.3. The zero-order valence-electron chi connectivity index (χ0n) is 10.7. The fraction of sp³-hybridized carbons (Fsp3) is 0.923. The molecular formula is C13H22O4. The number of carbonyl (C=O) groups is 1. The summed E-state index contributed by atoms with van der Waals surface area (Å²) in [5.41, 5.74) is 0. The molecule has 2 heterocycles. The highest BCUT2D eigenvalue weighted by Crippen LogP contribution is 2.46. The molecule has 0 aromatic heterocycles. The smallest absolute Gasteiger partial charge is 0.340 e. The molecule has 4 heteroatoms. The van der Waals surface area contributed by atoms with E-state index in [1.54, 1.807) is 7.11 Å². The van der Waals surface area contributed by atoms with Gasteiger partial charge in [0.2, 0.25) is 5.79 Å². The van der Waals surface area contributed by atoms with Gasteiger partial charge >= 0.3 is 5.97 Å². The van der Waals surface area contributed by atoms with Crippen molar-refractivity contribution in [1.29, 1.82) is 0 Å². The van der Waals surface area contributed by atoms with Crippen LogP contribution in [-0.4, -0.2) is 31.1 Å². The number of hydrogen-bond acceptors (Lipinski definition) is 4. The molecule has 0 aromatic carbocycles. The Bertz CT molecular complexity index is 279. The van der Waals surface area contributed by atoms with Gasteiger partial charge in [0, 0.05) is 13.5 Å². The van der Waals surface area contributed by atoms with Crippen LogP contribution in [0.5, 0.6) is 0 Å². The predicted molar refractivity (Wildman–Crippen MR) is 62.5 cm³/mol. The largest absolute Gasteiger partial charge is 0.428 e. The van der Waals surface area contributed by atoms with E-state index in [2.05, 4.69) is 6.92 Å². The average Bonchev–Trinajstić information content (AvgIpc) is 3.08. The Morgan fingerprint density at radius 1 is 1.24 bits per heavy atom. The maximum Gasteiger partial charge on any atom is 0.340 e. The van der Waals surface area contributed by atoms with Gasteiger partial charge in [-0.2, -0.15) is 0 Å². The lowest BCUT2D eigenvalue weighted by atomic mass is 10.0. The summed E-state index contributed by atoms with van der Waals surface area (Å²) in [7, 11) is 1.59. The Morgan fingerprint density at radius 3 is 2.47 bits per heavy atom. The lowest BCUT2D eigenvalue weighted by molar-refractivity contribution is -0.227. The molecule has 2 fully saturated rings. The van der Waals surface area contributed by atoms with Crippen LogP contribution in [0.3, 0.4) is 0 Å². The van der Waals surface area contributed by atoms with E-state index in [0.717, 1.165) is 12.8 Å². The lowest BCUT2D eigenvalue weighted by Gasteiger charge is -2.27. The van der Waals surface area contributed by atoms with Crippen molar-refractivity contribution in [1.82, 2.24) is 0 Å². The van der Waals surface area contributed by atoms with Gasteiger partial charge in [0.25, 0.3) is 0 Å². The van der Waals surface area contributed by atoms with Crippen molar-refractivity contribution < 1.29 is 19.0 Å². The third-order valence-electron chi connectivity index (χ3n) is 3.66. The second kappa shape index (κ2) is 5.36. The van der Waals surface area contributed by atoms with Crippen molar-refractivity contribution in [2.45, 2.75) is 69.9 Å². The van der Waals surface area contributed by atoms with Gasteiger partial charge in [-0.3, -0.25) is 0 Å². The van der Waals surface area contributed by atoms with E-state index in [4.69, 9.17) is 14.2 Å². The molecule has 0 saturated carbocycles. The third-order valence-corrected chi connectivity index (χ3v) is 3.66. The van der Waals surface area contributed by atoms with Gasteiger partial charge in [0.15, 0.2) is 12.2 Å². The van der Waals surface area contributed by atoms with Crippen LogP contribution in [0.2, 0.25) is 0 Å². The maximum absolute atomic E-state index is 11.3. The lowest BCUT2D eigenvalue weighted by Crippen LogP contribution is -2.38. The SMILES string of the molecule is CCCCCCCC[C@]1(OC)OC(=O)[C@@H]2O[C@@H]21. The maximum atomic E-state index is 11.3. The Labute approximate surface area is 103 Å². The molecule has 0 aromatic rings. The summed E-state index contributed by atoms with van der Waals surface area (Å²) >= 11 is 0. The molecule has 0 aliphatic carbocycles. The number of ether oxygens (including phenoxy) is 3. The number of carbonyl (C=O) groups excluding carboxylic acids is 1. The summed E-state index contributed by atoms with van der Waals surface area (Å²) in [6.07, 6.45) is 7.54. The highest BCUT2D eigenvalue weighted by atomic mass is 16.8. The minimum Gasteiger partial charge on any atom is -0.428 e. The van der Waals surface area contributed by atoms with E-state index >= 15 is 0 Å². The van der Waals surface area contributed by atoms with Crippen molar-refractivity contribution in [3.05, 3.63) is 0 Å². The highest BCUT2D eigenvalue weighted by molar-refractivity contribution is 5.81. The first-order valence-corrected chi connectivity index (χ1v) is 6.67. The van der Waals surface area contributed by atoms with Crippen molar-refractivity contribution in [2.75, 3.05) is 7.11 Å². The van der Waals surface area contributed by atoms with Gasteiger partial charge in [-0.25, -0.2) is 4.79 Å². The van der Waals surface area contributed by atoms with Gasteiger partial charge in [0.05, 0.1) is 0 Å². The van der Waals surface area contributed by atoms with E-state index in [0.29, 0.717) is 0 Å². The fourth-order valence-electron chi connectivity index (χ4n) is 2.52. The molecule has 0 N–H and O–H groups in total. The summed E-state index contributed by atoms with van der Waals surface area (Å²) in [5.74, 6) is -1.05. The number of methoxy groups -OCH3 is 1. The van der Waals surface area contributed by atoms with Gasteiger partial charge in [0.1, 0.15) is 0 Å². The number of rotatable bonds is 8. The fourth-order valence-corrected chi connectivity index (χ4v) is 2.52. The van der Waals surface area contributed by atoms with Crippen LogP contribution < -0.4 is 0 Å². The standard InChI is InChI=1S/C13H22O4/c1-3-4-5-6-7-8-9-13(15-2)11-10(16-11)12(14)17-13/h10-11H,3-9H2,1-2H3/t10-,11+,13+/m1/s1. The first-order chi connectivity index (χ1) is 8.23. The number of epoxide rings is 1. The van der Waals surface area contributed by atoms with E-state index in [1.165, 1.54) is 32.1 Å². The van der Waals surface area contributed by atoms with Crippen molar-refractivity contribution >= 4 is 5.97 Å². The molecule has 0 bridgehead atoms. The Hall–Kier alpha value is -0.610. The second-order valence-corrected chi connectivity index (χ2v) is 4.93. The molecule has 0 amide bonds. The van der Waals surface area contributed by atoms with E-state index in [1.807, 2.05) is 0 Å². The number of esters is 1. The van der Waals surface area contributed by atoms with Gasteiger partial charge < -0.3 is 14.2 Å². The second-order valence-electron chi connectivity index (χ2n) is 4.93. The predicted octanol–water partition coefficient (Wildman–Crippen LogP) is 2.40. The zero-order valence-corrected chi connectivity index (χ0v) is 10.7. The first kappa shape index (κ1) is 12.8. The topological polar surface area (TPSA) is 48.1 Å². The molecule has 0 spiro atoms. The van der Waals surface area contributed by atoms with E-state index in [9.17, 15) is 4.79 Å². The summed E-state index contributed by atoms with van der Waals surface area (Å²) in [5, 5.41) is 0. The summed E-state index contributed by atoms with van der Waals surface area (Å²) in [4.78, 5) is 11.3. The molecule has 2 aliphatic heterocycles. The minimum atomic E-state index is -0.785. The first-order valence-electron chi connectivity index (χ1n) is 6.67. The van der Waals surface area contributed by atoms with Crippen LogP contribution in [0.15, 0.2) is 0 Å². The van der Waals surface area contributed by atoms with Crippen LogP contribution in [0.1, 0.15) is 51.9 Å². The van der Waals surface area contributed by atoms with E-state index in [-0.39, 0.29) is 18.2 Å². The Balaban J connectivity index is 1.68. The molecule has 4 nitrogen and oxygen atoms in total. The minimum absolute atomic E-state index is 0.157.